The number of para-hydroxylation sites is 1. The normalized spacial score (nSPS) is 10.3. The molecule has 0 unspecified atom stereocenters. The van der Waals surface area contributed by atoms with Gasteiger partial charge in [0.25, 0.3) is 0 Å². The largest absolute Gasteiger partial charge is 0.389 e. The summed E-state index contributed by atoms with van der Waals surface area (Å²) >= 11 is 5.00. The number of anilines is 1. The molecule has 0 atom stereocenters. The summed E-state index contributed by atoms with van der Waals surface area (Å²) in [5, 5.41) is 0. The van der Waals surface area contributed by atoms with Crippen LogP contribution in [0.2, 0.25) is 0 Å². The van der Waals surface area contributed by atoms with Crippen molar-refractivity contribution in [2.75, 3.05) is 11.9 Å². The summed E-state index contributed by atoms with van der Waals surface area (Å²) in [5.74, 6) is -1.15. The Morgan fingerprint density at radius 1 is 1.20 bits per heavy atom. The van der Waals surface area contributed by atoms with Crippen LogP contribution in [0.1, 0.15) is 11.1 Å². The highest BCUT2D eigenvalue weighted by molar-refractivity contribution is 7.80. The Bertz CT molecular complexity index is 644. The number of nitrogens with zero attached hydrogens (tertiary/aromatic N) is 1. The standard InChI is InChI=1S/C15H14F2N2S/c1-19(9-10-6-7-11(16)8-13(10)17)14-5-3-2-4-12(14)15(18)20/h2-8H,9H2,1H3,(H2,18,20). The fraction of sp³-hybridized carbons (Fsp3) is 0.133. The number of benzene rings is 2. The van der Waals surface area contributed by atoms with E-state index >= 15 is 0 Å². The second-order valence-corrected chi connectivity index (χ2v) is 4.91. The lowest BCUT2D eigenvalue weighted by Crippen LogP contribution is -2.22. The van der Waals surface area contributed by atoms with Crippen LogP contribution in [0.4, 0.5) is 14.5 Å². The van der Waals surface area contributed by atoms with Gasteiger partial charge in [0.15, 0.2) is 0 Å². The maximum absolute atomic E-state index is 13.7. The van der Waals surface area contributed by atoms with Crippen molar-refractivity contribution in [3.8, 4) is 0 Å². The fourth-order valence-corrected chi connectivity index (χ4v) is 2.18. The third-order valence-electron chi connectivity index (χ3n) is 3.00. The van der Waals surface area contributed by atoms with Crippen LogP contribution in [0.5, 0.6) is 0 Å². The first-order chi connectivity index (χ1) is 9.49. The van der Waals surface area contributed by atoms with Crippen LogP contribution in [0, 0.1) is 11.6 Å². The molecule has 5 heteroatoms. The van der Waals surface area contributed by atoms with E-state index in [2.05, 4.69) is 0 Å². The molecule has 2 N–H and O–H groups in total. The zero-order valence-electron chi connectivity index (χ0n) is 10.9. The van der Waals surface area contributed by atoms with Crippen LogP contribution in [-0.2, 0) is 6.54 Å². The van der Waals surface area contributed by atoms with E-state index < -0.39 is 11.6 Å². The molecule has 0 amide bonds. The predicted molar refractivity (Wildman–Crippen MR) is 80.8 cm³/mol. The molecule has 0 aliphatic carbocycles. The highest BCUT2D eigenvalue weighted by Crippen LogP contribution is 2.22. The highest BCUT2D eigenvalue weighted by Gasteiger charge is 2.11. The number of thiocarbonyl (C=S) groups is 1. The van der Waals surface area contributed by atoms with E-state index in [4.69, 9.17) is 18.0 Å². The zero-order valence-corrected chi connectivity index (χ0v) is 11.8. The predicted octanol–water partition coefficient (Wildman–Crippen LogP) is 3.24. The SMILES string of the molecule is CN(Cc1ccc(F)cc1F)c1ccccc1C(N)=S. The summed E-state index contributed by atoms with van der Waals surface area (Å²) in [7, 11) is 1.81. The van der Waals surface area contributed by atoms with Crippen LogP contribution in [0.3, 0.4) is 0 Å². The summed E-state index contributed by atoms with van der Waals surface area (Å²) in [6.07, 6.45) is 0. The molecule has 2 aromatic rings. The van der Waals surface area contributed by atoms with Gasteiger partial charge in [-0.15, -0.1) is 0 Å². The molecule has 0 aliphatic rings. The van der Waals surface area contributed by atoms with Crippen LogP contribution >= 0.6 is 12.2 Å². The Balaban J connectivity index is 2.28. The van der Waals surface area contributed by atoms with Gasteiger partial charge in [-0.25, -0.2) is 8.78 Å². The maximum Gasteiger partial charge on any atom is 0.131 e. The number of halogens is 2. The minimum absolute atomic E-state index is 0.284. The summed E-state index contributed by atoms with van der Waals surface area (Å²) in [6.45, 7) is 0.297. The first-order valence-electron chi connectivity index (χ1n) is 6.03. The summed E-state index contributed by atoms with van der Waals surface area (Å²) in [4.78, 5) is 2.11. The van der Waals surface area contributed by atoms with Gasteiger partial charge in [-0.1, -0.05) is 30.4 Å². The van der Waals surface area contributed by atoms with Gasteiger partial charge in [0.05, 0.1) is 0 Å². The molecule has 104 valence electrons. The quantitative estimate of drug-likeness (QED) is 0.877. The molecule has 0 fully saturated rings. The second kappa shape index (κ2) is 5.96. The minimum Gasteiger partial charge on any atom is -0.389 e. The molecule has 0 aromatic heterocycles. The first-order valence-corrected chi connectivity index (χ1v) is 6.43. The molecule has 0 heterocycles. The fourth-order valence-electron chi connectivity index (χ4n) is 2.01. The van der Waals surface area contributed by atoms with Gasteiger partial charge in [0.1, 0.15) is 16.6 Å². The average Bonchev–Trinajstić information content (AvgIpc) is 2.41. The minimum atomic E-state index is -0.586. The summed E-state index contributed by atoms with van der Waals surface area (Å²) in [6, 6.07) is 10.9. The van der Waals surface area contributed by atoms with Gasteiger partial charge >= 0.3 is 0 Å². The van der Waals surface area contributed by atoms with Crippen molar-refractivity contribution in [1.29, 1.82) is 0 Å². The van der Waals surface area contributed by atoms with Crippen LogP contribution in [0.25, 0.3) is 0 Å². The van der Waals surface area contributed by atoms with Crippen molar-refractivity contribution in [1.82, 2.24) is 0 Å². The molecule has 0 saturated carbocycles. The molecular formula is C15H14F2N2S. The number of nitrogens with two attached hydrogens (primary N) is 1. The van der Waals surface area contributed by atoms with Gasteiger partial charge in [-0.3, -0.25) is 0 Å². The molecule has 0 radical (unpaired) electrons. The molecule has 20 heavy (non-hydrogen) atoms. The van der Waals surface area contributed by atoms with Crippen LogP contribution < -0.4 is 10.6 Å². The van der Waals surface area contributed by atoms with Crippen molar-refractivity contribution in [3.63, 3.8) is 0 Å². The third-order valence-corrected chi connectivity index (χ3v) is 3.22. The van der Waals surface area contributed by atoms with E-state index in [1.54, 1.807) is 7.05 Å². The zero-order chi connectivity index (χ0) is 14.7. The summed E-state index contributed by atoms with van der Waals surface area (Å²) < 4.78 is 26.6. The molecule has 2 rings (SSSR count). The number of hydrogen-bond acceptors (Lipinski definition) is 2. The second-order valence-electron chi connectivity index (χ2n) is 4.47. The van der Waals surface area contributed by atoms with E-state index in [1.165, 1.54) is 12.1 Å². The van der Waals surface area contributed by atoms with E-state index in [1.807, 2.05) is 29.2 Å². The van der Waals surface area contributed by atoms with Gasteiger partial charge in [0, 0.05) is 36.5 Å². The molecular weight excluding hydrogens is 278 g/mol. The average molecular weight is 292 g/mol. The van der Waals surface area contributed by atoms with Crippen LogP contribution in [0.15, 0.2) is 42.5 Å². The van der Waals surface area contributed by atoms with Crippen molar-refractivity contribution in [2.45, 2.75) is 6.54 Å². The van der Waals surface area contributed by atoms with Crippen molar-refractivity contribution in [2.24, 2.45) is 5.73 Å². The van der Waals surface area contributed by atoms with Gasteiger partial charge < -0.3 is 10.6 Å². The maximum atomic E-state index is 13.7. The summed E-state index contributed by atoms with van der Waals surface area (Å²) in [5.41, 5.74) is 7.62. The smallest absolute Gasteiger partial charge is 0.131 e. The Morgan fingerprint density at radius 3 is 2.55 bits per heavy atom. The highest BCUT2D eigenvalue weighted by atomic mass is 32.1. The molecule has 0 aliphatic heterocycles. The van der Waals surface area contributed by atoms with Crippen molar-refractivity contribution < 1.29 is 8.78 Å². The van der Waals surface area contributed by atoms with Gasteiger partial charge in [-0.05, 0) is 18.2 Å². The topological polar surface area (TPSA) is 29.3 Å². The Morgan fingerprint density at radius 2 is 1.90 bits per heavy atom. The molecule has 2 aromatic carbocycles. The lowest BCUT2D eigenvalue weighted by molar-refractivity contribution is 0.571. The van der Waals surface area contributed by atoms with Gasteiger partial charge in [-0.2, -0.15) is 0 Å². The van der Waals surface area contributed by atoms with E-state index in [-0.39, 0.29) is 4.99 Å². The molecule has 0 bridgehead atoms. The van der Waals surface area contributed by atoms with E-state index in [0.29, 0.717) is 12.1 Å². The Hall–Kier alpha value is -2.01. The van der Waals surface area contributed by atoms with Crippen LogP contribution in [-0.4, -0.2) is 12.0 Å². The van der Waals surface area contributed by atoms with Gasteiger partial charge in [0.2, 0.25) is 0 Å². The number of rotatable bonds is 4. The monoisotopic (exact) mass is 292 g/mol. The molecule has 0 saturated heterocycles. The first kappa shape index (κ1) is 14.4. The molecule has 0 spiro atoms. The van der Waals surface area contributed by atoms with Crippen molar-refractivity contribution >= 4 is 22.9 Å². The third kappa shape index (κ3) is 3.11. The lowest BCUT2D eigenvalue weighted by Gasteiger charge is -2.22. The molecule has 2 nitrogen and oxygen atoms in total. The van der Waals surface area contributed by atoms with Crippen molar-refractivity contribution in [3.05, 3.63) is 65.2 Å². The Kier molecular flexibility index (Phi) is 4.29. The van der Waals surface area contributed by atoms with E-state index in [0.717, 1.165) is 17.3 Å². The van der Waals surface area contributed by atoms with E-state index in [9.17, 15) is 8.78 Å². The number of hydrogen-bond donors (Lipinski definition) is 1. The Labute approximate surface area is 121 Å². The lowest BCUT2D eigenvalue weighted by atomic mass is 10.1.